The Morgan fingerprint density at radius 2 is 2.06 bits per heavy atom. The Hall–Kier alpha value is -0.130. The molecule has 1 aliphatic carbocycles. The van der Waals surface area contributed by atoms with E-state index >= 15 is 0 Å². The molecule has 0 aromatic carbocycles. The highest BCUT2D eigenvalue weighted by atomic mass is 32.2. The molecule has 1 saturated carbocycles. The lowest BCUT2D eigenvalue weighted by molar-refractivity contribution is 0.201. The summed E-state index contributed by atoms with van der Waals surface area (Å²) < 4.78 is 3.12. The minimum Gasteiger partial charge on any atom is -0.396 e. The van der Waals surface area contributed by atoms with Crippen LogP contribution in [0.15, 0.2) is 4.58 Å². The van der Waals surface area contributed by atoms with E-state index in [0.29, 0.717) is 0 Å². The predicted octanol–water partition coefficient (Wildman–Crippen LogP) is 2.81. The molecule has 0 heterocycles. The number of aliphatic hydroxyl groups is 1. The van der Waals surface area contributed by atoms with Crippen molar-refractivity contribution in [2.45, 2.75) is 50.2 Å². The van der Waals surface area contributed by atoms with Gasteiger partial charge in [-0.05, 0) is 25.8 Å². The van der Waals surface area contributed by atoms with Gasteiger partial charge in [0.25, 0.3) is 0 Å². The fourth-order valence-electron chi connectivity index (χ4n) is 2.60. The highest BCUT2D eigenvalue weighted by Gasteiger charge is 2.35. The zero-order chi connectivity index (χ0) is 12.6. The van der Waals surface area contributed by atoms with Crippen LogP contribution in [0, 0.1) is 4.91 Å². The summed E-state index contributed by atoms with van der Waals surface area (Å²) in [6.45, 7) is 5.19. The molecule has 0 radical (unpaired) electrons. The Balaban J connectivity index is 2.53. The fourth-order valence-corrected chi connectivity index (χ4v) is 3.47. The molecule has 5 heteroatoms. The molecule has 0 atom stereocenters. The van der Waals surface area contributed by atoms with E-state index in [4.69, 9.17) is 5.11 Å². The van der Waals surface area contributed by atoms with Crippen LogP contribution in [0.1, 0.15) is 45.4 Å². The second kappa shape index (κ2) is 8.06. The van der Waals surface area contributed by atoms with Gasteiger partial charge in [0, 0.05) is 36.2 Å². The van der Waals surface area contributed by atoms with Gasteiger partial charge in [0.05, 0.1) is 4.75 Å². The van der Waals surface area contributed by atoms with E-state index in [2.05, 4.69) is 16.4 Å². The molecule has 0 aromatic rings. The van der Waals surface area contributed by atoms with Crippen molar-refractivity contribution < 1.29 is 5.11 Å². The van der Waals surface area contributed by atoms with E-state index in [1.807, 2.05) is 0 Å². The maximum absolute atomic E-state index is 10.6. The van der Waals surface area contributed by atoms with Crippen LogP contribution in [0.25, 0.3) is 0 Å². The number of hydrogen-bond donors (Lipinski definition) is 1. The van der Waals surface area contributed by atoms with Gasteiger partial charge >= 0.3 is 0 Å². The number of nitroso groups, excluding NO2 is 1. The van der Waals surface area contributed by atoms with Gasteiger partial charge in [0.2, 0.25) is 0 Å². The van der Waals surface area contributed by atoms with Crippen molar-refractivity contribution in [1.29, 1.82) is 0 Å². The maximum Gasteiger partial charge on any atom is 0.0539 e. The zero-order valence-electron chi connectivity index (χ0n) is 10.7. The number of rotatable bonds is 8. The van der Waals surface area contributed by atoms with Crippen molar-refractivity contribution in [2.75, 3.05) is 26.2 Å². The van der Waals surface area contributed by atoms with Crippen LogP contribution in [0.5, 0.6) is 0 Å². The molecule has 1 rings (SSSR count). The third-order valence-corrected chi connectivity index (χ3v) is 4.59. The zero-order valence-corrected chi connectivity index (χ0v) is 11.5. The van der Waals surface area contributed by atoms with E-state index in [9.17, 15) is 4.91 Å². The van der Waals surface area contributed by atoms with Crippen LogP contribution in [0.4, 0.5) is 0 Å². The van der Waals surface area contributed by atoms with Crippen LogP contribution >= 0.6 is 11.9 Å². The molecular weight excluding hydrogens is 236 g/mol. The van der Waals surface area contributed by atoms with Gasteiger partial charge in [-0.25, -0.2) is 0 Å². The highest BCUT2D eigenvalue weighted by Crippen LogP contribution is 2.41. The standard InChI is InChI=1S/C12H24N2O2S/c1-2-14(9-6-10-15)11-12(17-13-16)7-4-3-5-8-12/h15H,2-11H2,1H3. The lowest BCUT2D eigenvalue weighted by Gasteiger charge is -2.38. The molecule has 0 aromatic heterocycles. The molecule has 0 bridgehead atoms. The summed E-state index contributed by atoms with van der Waals surface area (Å²) in [5.41, 5.74) is 0. The van der Waals surface area contributed by atoms with Crippen LogP contribution in [-0.2, 0) is 0 Å². The van der Waals surface area contributed by atoms with Gasteiger partial charge in [0.1, 0.15) is 0 Å². The Morgan fingerprint density at radius 1 is 1.35 bits per heavy atom. The Kier molecular flexibility index (Phi) is 7.08. The molecule has 100 valence electrons. The summed E-state index contributed by atoms with van der Waals surface area (Å²) in [7, 11) is 0. The minimum absolute atomic E-state index is 0.0332. The molecular formula is C12H24N2O2S. The topological polar surface area (TPSA) is 52.9 Å². The van der Waals surface area contributed by atoms with E-state index in [1.54, 1.807) is 0 Å². The quantitative estimate of drug-likeness (QED) is 0.538. The van der Waals surface area contributed by atoms with Crippen molar-refractivity contribution in [3.8, 4) is 0 Å². The third-order valence-electron chi connectivity index (χ3n) is 3.59. The summed E-state index contributed by atoms with van der Waals surface area (Å²) >= 11 is 1.24. The molecule has 1 N–H and O–H groups in total. The summed E-state index contributed by atoms with van der Waals surface area (Å²) in [6, 6.07) is 0. The Labute approximate surface area is 108 Å². The van der Waals surface area contributed by atoms with Crippen LogP contribution in [0.2, 0.25) is 0 Å². The van der Waals surface area contributed by atoms with Crippen LogP contribution < -0.4 is 0 Å². The summed E-state index contributed by atoms with van der Waals surface area (Å²) in [6.07, 6.45) is 6.70. The second-order valence-corrected chi connectivity index (χ2v) is 6.05. The van der Waals surface area contributed by atoms with Gasteiger partial charge in [-0.15, -0.1) is 4.91 Å². The van der Waals surface area contributed by atoms with E-state index < -0.39 is 0 Å². The molecule has 0 spiro atoms. The van der Waals surface area contributed by atoms with E-state index in [1.165, 1.54) is 31.2 Å². The number of hydrogen-bond acceptors (Lipinski definition) is 5. The highest BCUT2D eigenvalue weighted by molar-refractivity contribution is 7.99. The van der Waals surface area contributed by atoms with Crippen molar-refractivity contribution in [3.05, 3.63) is 4.91 Å². The van der Waals surface area contributed by atoms with E-state index in [0.717, 1.165) is 38.9 Å². The Morgan fingerprint density at radius 3 is 2.59 bits per heavy atom. The summed E-state index contributed by atoms with van der Waals surface area (Å²) in [4.78, 5) is 12.9. The van der Waals surface area contributed by atoms with Crippen molar-refractivity contribution in [1.82, 2.24) is 4.90 Å². The van der Waals surface area contributed by atoms with Gasteiger partial charge < -0.3 is 10.0 Å². The monoisotopic (exact) mass is 260 g/mol. The first-order valence-corrected chi connectivity index (χ1v) is 7.38. The average Bonchev–Trinajstić information content (AvgIpc) is 2.36. The normalized spacial score (nSPS) is 19.5. The molecule has 0 saturated heterocycles. The fraction of sp³-hybridized carbons (Fsp3) is 1.00. The molecule has 4 nitrogen and oxygen atoms in total. The summed E-state index contributed by atoms with van der Waals surface area (Å²) in [5.74, 6) is 0. The number of nitrogens with zero attached hydrogens (tertiary/aromatic N) is 2. The maximum atomic E-state index is 10.6. The van der Waals surface area contributed by atoms with Gasteiger partial charge in [0.15, 0.2) is 0 Å². The first-order valence-electron chi connectivity index (χ1n) is 6.60. The smallest absolute Gasteiger partial charge is 0.0539 e. The Bertz CT molecular complexity index is 221. The van der Waals surface area contributed by atoms with Crippen molar-refractivity contribution >= 4 is 11.9 Å². The van der Waals surface area contributed by atoms with Gasteiger partial charge in [-0.2, -0.15) is 0 Å². The van der Waals surface area contributed by atoms with Crippen molar-refractivity contribution in [2.24, 2.45) is 4.58 Å². The first-order chi connectivity index (χ1) is 8.26. The average molecular weight is 260 g/mol. The minimum atomic E-state index is 0.0332. The van der Waals surface area contributed by atoms with Crippen LogP contribution in [0.3, 0.4) is 0 Å². The molecule has 17 heavy (non-hydrogen) atoms. The van der Waals surface area contributed by atoms with Crippen molar-refractivity contribution in [3.63, 3.8) is 0 Å². The van der Waals surface area contributed by atoms with E-state index in [-0.39, 0.29) is 11.4 Å². The summed E-state index contributed by atoms with van der Waals surface area (Å²) in [5, 5.41) is 8.88. The number of aliphatic hydroxyl groups excluding tert-OH is 1. The largest absolute Gasteiger partial charge is 0.396 e. The molecule has 0 unspecified atom stereocenters. The van der Waals surface area contributed by atoms with Gasteiger partial charge in [-0.1, -0.05) is 26.2 Å². The lowest BCUT2D eigenvalue weighted by atomic mass is 9.88. The van der Waals surface area contributed by atoms with Gasteiger partial charge in [-0.3, -0.25) is 0 Å². The SMILES string of the molecule is CCN(CCCO)CC1(SN=O)CCCCC1. The third kappa shape index (κ3) is 4.94. The first kappa shape index (κ1) is 14.9. The second-order valence-electron chi connectivity index (χ2n) is 4.86. The predicted molar refractivity (Wildman–Crippen MR) is 73.0 cm³/mol. The van der Waals surface area contributed by atoms with Crippen LogP contribution in [-0.4, -0.2) is 41.0 Å². The molecule has 0 aliphatic heterocycles. The molecule has 0 amide bonds. The molecule has 1 aliphatic rings. The molecule has 1 fully saturated rings. The lowest BCUT2D eigenvalue weighted by Crippen LogP contribution is -2.42.